The second kappa shape index (κ2) is 11.4. The molecule has 1 unspecified atom stereocenters. The van der Waals surface area contributed by atoms with E-state index in [9.17, 15) is 24.5 Å². The fourth-order valence-electron chi connectivity index (χ4n) is 3.66. The molecule has 6 N–H and O–H groups in total. The van der Waals surface area contributed by atoms with Crippen LogP contribution in [0.4, 0.5) is 17.1 Å². The number of amides is 3. The fraction of sp³-hybridized carbons (Fsp3) is 0.273. The molecule has 3 aromatic heterocycles. The minimum Gasteiger partial charge on any atom is -0.388 e. The van der Waals surface area contributed by atoms with Crippen LogP contribution in [0.25, 0.3) is 0 Å². The predicted octanol–water partition coefficient (Wildman–Crippen LogP) is 1.98. The Labute approximate surface area is 217 Å². The molecule has 3 amide bonds. The van der Waals surface area contributed by atoms with Gasteiger partial charge in [-0.2, -0.15) is 0 Å². The van der Waals surface area contributed by atoms with E-state index in [0.717, 1.165) is 6.07 Å². The number of nitrogens with two attached hydrogens (primary N) is 1. The summed E-state index contributed by atoms with van der Waals surface area (Å²) in [5, 5.41) is 26.4. The van der Waals surface area contributed by atoms with Crippen molar-refractivity contribution in [3.8, 4) is 0 Å². The molecular formula is C22H28ClN9O5. The number of carbonyl (C=O) groups is 3. The number of aryl methyl sites for hydroxylation is 3. The Morgan fingerprint density at radius 1 is 0.919 bits per heavy atom. The summed E-state index contributed by atoms with van der Waals surface area (Å²) in [5.74, 6) is -1.46. The van der Waals surface area contributed by atoms with Crippen LogP contribution >= 0.6 is 12.4 Å². The highest BCUT2D eigenvalue weighted by Gasteiger charge is 2.20. The Morgan fingerprint density at radius 2 is 1.35 bits per heavy atom. The topological polar surface area (TPSA) is 195 Å². The number of rotatable bonds is 9. The van der Waals surface area contributed by atoms with E-state index < -0.39 is 16.7 Å². The maximum absolute atomic E-state index is 12.9. The summed E-state index contributed by atoms with van der Waals surface area (Å²) in [6, 6.07) is 3.81. The second-order valence-electron chi connectivity index (χ2n) is 8.41. The van der Waals surface area contributed by atoms with Crippen molar-refractivity contribution in [1.29, 1.82) is 5.41 Å². The summed E-state index contributed by atoms with van der Waals surface area (Å²) in [5.41, 5.74) is 6.49. The van der Waals surface area contributed by atoms with Gasteiger partial charge in [0.05, 0.1) is 28.3 Å². The molecule has 0 aliphatic carbocycles. The first-order chi connectivity index (χ1) is 16.8. The first-order valence-corrected chi connectivity index (χ1v) is 10.8. The van der Waals surface area contributed by atoms with Crippen LogP contribution in [-0.2, 0) is 21.1 Å². The highest BCUT2D eigenvalue weighted by atomic mass is 35.5. The van der Waals surface area contributed by atoms with E-state index in [4.69, 9.17) is 11.1 Å². The Bertz CT molecular complexity index is 1370. The van der Waals surface area contributed by atoms with Gasteiger partial charge in [-0.15, -0.1) is 12.4 Å². The molecule has 15 heteroatoms. The molecular weight excluding hydrogens is 506 g/mol. The van der Waals surface area contributed by atoms with Crippen molar-refractivity contribution in [2.24, 2.45) is 26.9 Å². The minimum atomic E-state index is -0.590. The van der Waals surface area contributed by atoms with Gasteiger partial charge < -0.3 is 35.4 Å². The predicted molar refractivity (Wildman–Crippen MR) is 140 cm³/mol. The van der Waals surface area contributed by atoms with E-state index >= 15 is 0 Å². The Hall–Kier alpha value is -4.59. The van der Waals surface area contributed by atoms with E-state index in [1.807, 2.05) is 0 Å². The van der Waals surface area contributed by atoms with Crippen LogP contribution in [0.15, 0.2) is 36.8 Å². The average Bonchev–Trinajstić information content (AvgIpc) is 3.43. The summed E-state index contributed by atoms with van der Waals surface area (Å²) in [6.07, 6.45) is 4.56. The zero-order valence-corrected chi connectivity index (χ0v) is 21.4. The standard InChI is InChI=1S/C22H27N9O5.ClH/c1-12(5-19(23)24)25-20(32)16-6-13(9-28(16)2)26-21(33)17-7-14(10-29(17)3)27-22(34)18-8-15(31(35)36)11-30(18)4;/h6-12H,5H2,1-4H3,(H3,23,24)(H,25,32)(H,26,33)(H,27,34);1H. The average molecular weight is 534 g/mol. The second-order valence-corrected chi connectivity index (χ2v) is 8.41. The molecule has 0 saturated carbocycles. The van der Waals surface area contributed by atoms with E-state index in [2.05, 4.69) is 16.0 Å². The number of hydrogen-bond donors (Lipinski definition) is 5. The SMILES string of the molecule is CC(CC(=N)N)NC(=O)c1cc(NC(=O)c2cc(NC(=O)c3cc([N+](=O)[O-])cn3C)cn2C)cn1C.Cl. The lowest BCUT2D eigenvalue weighted by Crippen LogP contribution is -2.36. The number of hydrogen-bond acceptors (Lipinski definition) is 6. The van der Waals surface area contributed by atoms with Crippen LogP contribution in [0.5, 0.6) is 0 Å². The van der Waals surface area contributed by atoms with Crippen molar-refractivity contribution in [3.63, 3.8) is 0 Å². The molecule has 0 aliphatic rings. The number of nitro groups is 1. The molecule has 0 radical (unpaired) electrons. The van der Waals surface area contributed by atoms with Gasteiger partial charge in [-0.3, -0.25) is 29.9 Å². The number of anilines is 2. The first-order valence-electron chi connectivity index (χ1n) is 10.8. The molecule has 0 fully saturated rings. The van der Waals surface area contributed by atoms with Crippen LogP contribution < -0.4 is 21.7 Å². The number of halogens is 1. The monoisotopic (exact) mass is 533 g/mol. The summed E-state index contributed by atoms with van der Waals surface area (Å²) in [7, 11) is 4.80. The number of nitrogens with zero attached hydrogens (tertiary/aromatic N) is 4. The normalized spacial score (nSPS) is 11.2. The Balaban J connectivity index is 0.00000481. The van der Waals surface area contributed by atoms with Crippen LogP contribution in [-0.4, -0.2) is 48.2 Å². The lowest BCUT2D eigenvalue weighted by molar-refractivity contribution is -0.384. The van der Waals surface area contributed by atoms with E-state index in [0.29, 0.717) is 17.1 Å². The highest BCUT2D eigenvalue weighted by molar-refractivity contribution is 6.07. The van der Waals surface area contributed by atoms with Gasteiger partial charge in [-0.05, 0) is 19.1 Å². The van der Waals surface area contributed by atoms with Crippen LogP contribution in [0.1, 0.15) is 44.8 Å². The fourth-order valence-corrected chi connectivity index (χ4v) is 3.66. The van der Waals surface area contributed by atoms with Gasteiger partial charge in [0.25, 0.3) is 23.4 Å². The lowest BCUT2D eigenvalue weighted by Gasteiger charge is -2.13. The zero-order chi connectivity index (χ0) is 26.7. The molecule has 3 aromatic rings. The van der Waals surface area contributed by atoms with Crippen LogP contribution in [0.3, 0.4) is 0 Å². The summed E-state index contributed by atoms with van der Waals surface area (Å²) >= 11 is 0. The first kappa shape index (κ1) is 28.6. The summed E-state index contributed by atoms with van der Waals surface area (Å²) in [4.78, 5) is 48.3. The van der Waals surface area contributed by atoms with Crippen molar-refractivity contribution in [2.75, 3.05) is 10.6 Å². The smallest absolute Gasteiger partial charge is 0.287 e. The van der Waals surface area contributed by atoms with Gasteiger partial charge in [0.1, 0.15) is 17.1 Å². The van der Waals surface area contributed by atoms with Crippen molar-refractivity contribution in [3.05, 3.63) is 64.0 Å². The maximum atomic E-state index is 12.9. The van der Waals surface area contributed by atoms with E-state index in [-0.39, 0.29) is 53.7 Å². The quantitative estimate of drug-likeness (QED) is 0.121. The summed E-state index contributed by atoms with van der Waals surface area (Å²) < 4.78 is 4.41. The van der Waals surface area contributed by atoms with Gasteiger partial charge in [-0.25, -0.2) is 0 Å². The maximum Gasteiger partial charge on any atom is 0.287 e. The van der Waals surface area contributed by atoms with Crippen LogP contribution in [0, 0.1) is 15.5 Å². The van der Waals surface area contributed by atoms with Gasteiger partial charge in [0.2, 0.25) is 0 Å². The van der Waals surface area contributed by atoms with Crippen molar-refractivity contribution < 1.29 is 19.3 Å². The molecule has 3 rings (SSSR count). The Morgan fingerprint density at radius 3 is 1.78 bits per heavy atom. The van der Waals surface area contributed by atoms with Crippen molar-refractivity contribution in [2.45, 2.75) is 19.4 Å². The van der Waals surface area contributed by atoms with Gasteiger partial charge in [-0.1, -0.05) is 0 Å². The highest BCUT2D eigenvalue weighted by Crippen LogP contribution is 2.20. The van der Waals surface area contributed by atoms with E-state index in [1.54, 1.807) is 31.8 Å². The lowest BCUT2D eigenvalue weighted by atomic mass is 10.2. The van der Waals surface area contributed by atoms with E-state index in [1.165, 1.54) is 40.7 Å². The molecule has 3 heterocycles. The molecule has 0 spiro atoms. The molecule has 1 atom stereocenters. The van der Waals surface area contributed by atoms with Gasteiger partial charge >= 0.3 is 0 Å². The molecule has 0 aliphatic heterocycles. The molecule has 198 valence electrons. The molecule has 37 heavy (non-hydrogen) atoms. The van der Waals surface area contributed by atoms with Crippen LogP contribution in [0.2, 0.25) is 0 Å². The summed E-state index contributed by atoms with van der Waals surface area (Å²) in [6.45, 7) is 1.73. The van der Waals surface area contributed by atoms with Gasteiger partial charge in [0.15, 0.2) is 0 Å². The molecule has 0 saturated heterocycles. The van der Waals surface area contributed by atoms with Crippen molar-refractivity contribution in [1.82, 2.24) is 19.0 Å². The molecule has 0 aromatic carbocycles. The number of carbonyl (C=O) groups excluding carboxylic acids is 3. The molecule has 14 nitrogen and oxygen atoms in total. The van der Waals surface area contributed by atoms with Gasteiger partial charge in [0, 0.05) is 52.1 Å². The van der Waals surface area contributed by atoms with Crippen molar-refractivity contribution >= 4 is 53.0 Å². The minimum absolute atomic E-state index is 0. The number of aromatic nitrogens is 3. The zero-order valence-electron chi connectivity index (χ0n) is 20.6. The largest absolute Gasteiger partial charge is 0.388 e. The molecule has 0 bridgehead atoms. The number of nitrogens with one attached hydrogen (secondary N) is 4. The third-order valence-electron chi connectivity index (χ3n) is 5.33. The Kier molecular flexibility index (Phi) is 8.85. The number of amidine groups is 1. The third kappa shape index (κ3) is 6.76. The third-order valence-corrected chi connectivity index (χ3v) is 5.33.